The molecule has 0 saturated heterocycles. The third-order valence-corrected chi connectivity index (χ3v) is 2.81. The summed E-state index contributed by atoms with van der Waals surface area (Å²) in [6.45, 7) is -0.151. The van der Waals surface area contributed by atoms with Gasteiger partial charge < -0.3 is 10.1 Å². The average Bonchev–Trinajstić information content (AvgIpc) is 2.40. The van der Waals surface area contributed by atoms with Crippen molar-refractivity contribution in [1.29, 1.82) is 0 Å². The second-order valence-corrected chi connectivity index (χ2v) is 4.39. The molecule has 1 heterocycles. The number of rotatable bonds is 4. The summed E-state index contributed by atoms with van der Waals surface area (Å²) < 4.78 is 18.5. The maximum absolute atomic E-state index is 12.7. The van der Waals surface area contributed by atoms with Crippen LogP contribution in [0.2, 0.25) is 0 Å². The van der Waals surface area contributed by atoms with Crippen LogP contribution < -0.4 is 10.1 Å². The van der Waals surface area contributed by atoms with Crippen molar-refractivity contribution in [1.82, 2.24) is 4.98 Å². The first-order chi connectivity index (χ1) is 9.15. The Kier molecular flexibility index (Phi) is 4.46. The van der Waals surface area contributed by atoms with Crippen LogP contribution in [-0.2, 0) is 4.79 Å². The van der Waals surface area contributed by atoms with E-state index in [1.165, 1.54) is 24.3 Å². The van der Waals surface area contributed by atoms with Gasteiger partial charge in [-0.2, -0.15) is 0 Å². The molecule has 1 aromatic heterocycles. The predicted molar refractivity (Wildman–Crippen MR) is 72.5 cm³/mol. The van der Waals surface area contributed by atoms with Gasteiger partial charge in [0.25, 0.3) is 5.91 Å². The molecular formula is C13H10BrFN2O2. The molecule has 0 aliphatic rings. The second-order valence-electron chi connectivity index (χ2n) is 3.64. The smallest absolute Gasteiger partial charge is 0.262 e. The molecule has 0 atom stereocenters. The SMILES string of the molecule is O=C(COc1cccnc1Br)Nc1ccc(F)cc1. The van der Waals surface area contributed by atoms with Crippen LogP contribution in [0, 0.1) is 5.82 Å². The van der Waals surface area contributed by atoms with Gasteiger partial charge in [-0.15, -0.1) is 0 Å². The van der Waals surface area contributed by atoms with Crippen LogP contribution in [0.1, 0.15) is 0 Å². The number of nitrogens with one attached hydrogen (secondary N) is 1. The Morgan fingerprint density at radius 1 is 1.32 bits per heavy atom. The summed E-state index contributed by atoms with van der Waals surface area (Å²) in [6.07, 6.45) is 1.61. The van der Waals surface area contributed by atoms with Gasteiger partial charge in [0.2, 0.25) is 0 Å². The van der Waals surface area contributed by atoms with Crippen LogP contribution in [0.15, 0.2) is 47.2 Å². The molecule has 1 N–H and O–H groups in total. The number of carbonyl (C=O) groups excluding carboxylic acids is 1. The average molecular weight is 325 g/mol. The molecule has 1 amide bonds. The maximum atomic E-state index is 12.7. The molecule has 98 valence electrons. The highest BCUT2D eigenvalue weighted by Crippen LogP contribution is 2.20. The van der Waals surface area contributed by atoms with Crippen molar-refractivity contribution in [3.8, 4) is 5.75 Å². The predicted octanol–water partition coefficient (Wildman–Crippen LogP) is 3.00. The van der Waals surface area contributed by atoms with Crippen LogP contribution in [0.4, 0.5) is 10.1 Å². The molecule has 0 spiro atoms. The van der Waals surface area contributed by atoms with Crippen LogP contribution in [0.5, 0.6) is 5.75 Å². The first kappa shape index (κ1) is 13.5. The van der Waals surface area contributed by atoms with E-state index in [4.69, 9.17) is 4.74 Å². The number of hydrogen-bond donors (Lipinski definition) is 1. The minimum absolute atomic E-state index is 0.151. The molecule has 19 heavy (non-hydrogen) atoms. The molecule has 0 aliphatic carbocycles. The Bertz CT molecular complexity index is 575. The summed E-state index contributed by atoms with van der Waals surface area (Å²) in [5, 5.41) is 2.59. The minimum Gasteiger partial charge on any atom is -0.481 e. The normalized spacial score (nSPS) is 10.0. The van der Waals surface area contributed by atoms with Crippen molar-refractivity contribution in [2.45, 2.75) is 0 Å². The van der Waals surface area contributed by atoms with Gasteiger partial charge in [0.05, 0.1) is 0 Å². The lowest BCUT2D eigenvalue weighted by atomic mass is 10.3. The molecule has 2 aromatic rings. The van der Waals surface area contributed by atoms with E-state index in [0.717, 1.165) is 0 Å². The number of pyridine rings is 1. The molecule has 0 bridgehead atoms. The van der Waals surface area contributed by atoms with Crippen LogP contribution in [0.25, 0.3) is 0 Å². The molecule has 2 rings (SSSR count). The molecule has 1 aromatic carbocycles. The molecule has 6 heteroatoms. The topological polar surface area (TPSA) is 51.2 Å². The Balaban J connectivity index is 1.88. The molecule has 0 fully saturated rings. The summed E-state index contributed by atoms with van der Waals surface area (Å²) in [5.74, 6) is -0.201. The van der Waals surface area contributed by atoms with E-state index in [2.05, 4.69) is 26.2 Å². The number of ether oxygens (including phenoxy) is 1. The Morgan fingerprint density at radius 3 is 2.74 bits per heavy atom. The first-order valence-corrected chi connectivity index (χ1v) is 6.23. The van der Waals surface area contributed by atoms with Crippen molar-refractivity contribution >= 4 is 27.5 Å². The van der Waals surface area contributed by atoms with Crippen LogP contribution >= 0.6 is 15.9 Å². The maximum Gasteiger partial charge on any atom is 0.262 e. The number of anilines is 1. The highest BCUT2D eigenvalue weighted by Gasteiger charge is 2.06. The number of nitrogens with zero attached hydrogens (tertiary/aromatic N) is 1. The third kappa shape index (κ3) is 4.03. The van der Waals surface area contributed by atoms with Crippen molar-refractivity contribution in [3.63, 3.8) is 0 Å². The summed E-state index contributed by atoms with van der Waals surface area (Å²) in [4.78, 5) is 15.6. The third-order valence-electron chi connectivity index (χ3n) is 2.21. The Labute approximate surface area is 117 Å². The van der Waals surface area contributed by atoms with E-state index < -0.39 is 0 Å². The zero-order valence-electron chi connectivity index (χ0n) is 9.77. The zero-order chi connectivity index (χ0) is 13.7. The standard InChI is InChI=1S/C13H10BrFN2O2/c14-13-11(2-1-7-16-13)19-8-12(18)17-10-5-3-9(15)4-6-10/h1-7H,8H2,(H,17,18). The fraction of sp³-hybridized carbons (Fsp3) is 0.0769. The van der Waals surface area contributed by atoms with E-state index in [9.17, 15) is 9.18 Å². The van der Waals surface area contributed by atoms with Gasteiger partial charge in [0.15, 0.2) is 12.4 Å². The van der Waals surface area contributed by atoms with E-state index in [-0.39, 0.29) is 18.3 Å². The van der Waals surface area contributed by atoms with Crippen LogP contribution in [0.3, 0.4) is 0 Å². The summed E-state index contributed by atoms with van der Waals surface area (Å²) in [7, 11) is 0. The monoisotopic (exact) mass is 324 g/mol. The van der Waals surface area contributed by atoms with Gasteiger partial charge in [-0.05, 0) is 52.3 Å². The zero-order valence-corrected chi connectivity index (χ0v) is 11.4. The van der Waals surface area contributed by atoms with E-state index in [1.54, 1.807) is 18.3 Å². The molecule has 4 nitrogen and oxygen atoms in total. The van der Waals surface area contributed by atoms with Crippen molar-refractivity contribution in [3.05, 3.63) is 53.0 Å². The highest BCUT2D eigenvalue weighted by molar-refractivity contribution is 9.10. The lowest BCUT2D eigenvalue weighted by Gasteiger charge is -2.08. The Morgan fingerprint density at radius 2 is 2.05 bits per heavy atom. The lowest BCUT2D eigenvalue weighted by molar-refractivity contribution is -0.118. The van der Waals surface area contributed by atoms with Crippen LogP contribution in [-0.4, -0.2) is 17.5 Å². The van der Waals surface area contributed by atoms with Gasteiger partial charge in [0.1, 0.15) is 10.4 Å². The minimum atomic E-state index is -0.353. The summed E-state index contributed by atoms with van der Waals surface area (Å²) in [6, 6.07) is 8.91. The molecule has 0 aliphatic heterocycles. The number of halogens is 2. The molecular weight excluding hydrogens is 315 g/mol. The number of carbonyl (C=O) groups is 1. The Hall–Kier alpha value is -1.95. The highest BCUT2D eigenvalue weighted by atomic mass is 79.9. The van der Waals surface area contributed by atoms with Gasteiger partial charge in [-0.3, -0.25) is 4.79 Å². The largest absolute Gasteiger partial charge is 0.481 e. The fourth-order valence-electron chi connectivity index (χ4n) is 1.35. The number of amides is 1. The molecule has 0 radical (unpaired) electrons. The van der Waals surface area contributed by atoms with Gasteiger partial charge in [-0.25, -0.2) is 9.37 Å². The number of aromatic nitrogens is 1. The second kappa shape index (κ2) is 6.29. The summed E-state index contributed by atoms with van der Waals surface area (Å²) in [5.41, 5.74) is 0.514. The van der Waals surface area contributed by atoms with Crippen molar-refractivity contribution < 1.29 is 13.9 Å². The molecule has 0 unspecified atom stereocenters. The quantitative estimate of drug-likeness (QED) is 0.879. The van der Waals surface area contributed by atoms with Gasteiger partial charge in [-0.1, -0.05) is 0 Å². The van der Waals surface area contributed by atoms with Crippen molar-refractivity contribution in [2.24, 2.45) is 0 Å². The lowest BCUT2D eigenvalue weighted by Crippen LogP contribution is -2.20. The van der Waals surface area contributed by atoms with E-state index in [1.807, 2.05) is 0 Å². The first-order valence-electron chi connectivity index (χ1n) is 5.44. The fourth-order valence-corrected chi connectivity index (χ4v) is 1.72. The summed E-state index contributed by atoms with van der Waals surface area (Å²) >= 11 is 3.21. The van der Waals surface area contributed by atoms with E-state index >= 15 is 0 Å². The number of benzene rings is 1. The number of hydrogen-bond acceptors (Lipinski definition) is 3. The van der Waals surface area contributed by atoms with E-state index in [0.29, 0.717) is 16.0 Å². The van der Waals surface area contributed by atoms with Gasteiger partial charge in [0, 0.05) is 11.9 Å². The molecule has 0 saturated carbocycles. The van der Waals surface area contributed by atoms with Gasteiger partial charge >= 0.3 is 0 Å². The van der Waals surface area contributed by atoms with Crippen molar-refractivity contribution in [2.75, 3.05) is 11.9 Å².